The van der Waals surface area contributed by atoms with Gasteiger partial charge in [0.05, 0.1) is 20.4 Å². The maximum atomic E-state index is 12.3. The van der Waals surface area contributed by atoms with Gasteiger partial charge < -0.3 is 20.1 Å². The van der Waals surface area contributed by atoms with Crippen LogP contribution in [0.1, 0.15) is 15.9 Å². The monoisotopic (exact) mass is 418 g/mol. The third-order valence-electron chi connectivity index (χ3n) is 4.22. The highest BCUT2D eigenvalue weighted by atomic mass is 16.5. The summed E-state index contributed by atoms with van der Waals surface area (Å²) in [5.74, 6) is 0.795. The molecule has 3 rings (SSSR count). The molecule has 0 aliphatic carbocycles. The number of nitrogens with one attached hydrogen (secondary N) is 3. The number of urea groups is 1. The molecule has 0 aromatic heterocycles. The summed E-state index contributed by atoms with van der Waals surface area (Å²) in [6.07, 6.45) is 1.50. The first kappa shape index (κ1) is 21.4. The first-order valence-corrected chi connectivity index (χ1v) is 9.37. The Balaban J connectivity index is 1.54. The fourth-order valence-corrected chi connectivity index (χ4v) is 2.68. The first-order chi connectivity index (χ1) is 15.1. The van der Waals surface area contributed by atoms with Crippen molar-refractivity contribution in [3.05, 3.63) is 83.9 Å². The Hall–Kier alpha value is -4.33. The van der Waals surface area contributed by atoms with E-state index in [0.29, 0.717) is 28.4 Å². The molecule has 0 atom stereocenters. The molecule has 3 N–H and O–H groups in total. The zero-order chi connectivity index (χ0) is 22.1. The number of nitrogens with zero attached hydrogens (tertiary/aromatic N) is 1. The molecule has 31 heavy (non-hydrogen) atoms. The second-order valence-corrected chi connectivity index (χ2v) is 6.34. The van der Waals surface area contributed by atoms with Crippen LogP contribution in [0.5, 0.6) is 11.5 Å². The largest absolute Gasteiger partial charge is 0.493 e. The van der Waals surface area contributed by atoms with Crippen molar-refractivity contribution in [2.24, 2.45) is 5.10 Å². The van der Waals surface area contributed by atoms with E-state index in [1.165, 1.54) is 6.21 Å². The van der Waals surface area contributed by atoms with Crippen molar-refractivity contribution >= 4 is 29.5 Å². The van der Waals surface area contributed by atoms with Crippen LogP contribution in [0, 0.1) is 0 Å². The van der Waals surface area contributed by atoms with Gasteiger partial charge in [-0.15, -0.1) is 0 Å². The molecule has 158 valence electrons. The predicted octanol–water partition coefficient (Wildman–Crippen LogP) is 4.11. The number of ether oxygens (including phenoxy) is 2. The SMILES string of the molecule is COc1ccc(C=NNC(=O)c2ccc(NC(=O)Nc3ccccc3)cc2)cc1OC. The standard InChI is InChI=1S/C23H22N4O4/c1-30-20-13-8-16(14-21(20)31-2)15-24-27-22(28)17-9-11-19(12-10-17)26-23(29)25-18-6-4-3-5-7-18/h3-15H,1-2H3,(H,27,28)(H2,25,26,29). The maximum absolute atomic E-state index is 12.3. The smallest absolute Gasteiger partial charge is 0.323 e. The van der Waals surface area contributed by atoms with E-state index in [4.69, 9.17) is 9.47 Å². The fraction of sp³-hybridized carbons (Fsp3) is 0.0870. The van der Waals surface area contributed by atoms with Crippen LogP contribution >= 0.6 is 0 Å². The van der Waals surface area contributed by atoms with Crippen molar-refractivity contribution < 1.29 is 19.1 Å². The van der Waals surface area contributed by atoms with E-state index in [2.05, 4.69) is 21.2 Å². The molecule has 0 unspecified atom stereocenters. The Morgan fingerprint density at radius 3 is 2.10 bits per heavy atom. The topological polar surface area (TPSA) is 101 Å². The van der Waals surface area contributed by atoms with E-state index in [-0.39, 0.29) is 11.9 Å². The second-order valence-electron chi connectivity index (χ2n) is 6.34. The van der Waals surface area contributed by atoms with E-state index >= 15 is 0 Å². The molecule has 3 amide bonds. The number of benzene rings is 3. The highest BCUT2D eigenvalue weighted by Gasteiger charge is 2.07. The number of amides is 3. The van der Waals surface area contributed by atoms with Gasteiger partial charge in [-0.3, -0.25) is 4.79 Å². The van der Waals surface area contributed by atoms with Crippen molar-refractivity contribution in [1.82, 2.24) is 5.43 Å². The molecule has 0 spiro atoms. The lowest BCUT2D eigenvalue weighted by atomic mass is 10.2. The molecule has 0 heterocycles. The summed E-state index contributed by atoms with van der Waals surface area (Å²) in [5.41, 5.74) is 4.84. The van der Waals surface area contributed by atoms with Crippen molar-refractivity contribution in [2.75, 3.05) is 24.9 Å². The third-order valence-corrected chi connectivity index (χ3v) is 4.22. The van der Waals surface area contributed by atoms with Gasteiger partial charge in [-0.2, -0.15) is 5.10 Å². The summed E-state index contributed by atoms with van der Waals surface area (Å²) < 4.78 is 10.4. The van der Waals surface area contributed by atoms with Crippen LogP contribution in [0.25, 0.3) is 0 Å². The first-order valence-electron chi connectivity index (χ1n) is 9.37. The van der Waals surface area contributed by atoms with Gasteiger partial charge in [0.15, 0.2) is 11.5 Å². The van der Waals surface area contributed by atoms with Crippen LogP contribution < -0.4 is 25.5 Å². The van der Waals surface area contributed by atoms with Gasteiger partial charge in [0.1, 0.15) is 0 Å². The van der Waals surface area contributed by atoms with E-state index in [0.717, 1.165) is 5.56 Å². The van der Waals surface area contributed by atoms with Gasteiger partial charge in [0, 0.05) is 16.9 Å². The Morgan fingerprint density at radius 1 is 0.806 bits per heavy atom. The van der Waals surface area contributed by atoms with Crippen molar-refractivity contribution in [1.29, 1.82) is 0 Å². The number of anilines is 2. The molecular formula is C23H22N4O4. The molecule has 0 fully saturated rings. The molecule has 3 aromatic rings. The maximum Gasteiger partial charge on any atom is 0.323 e. The summed E-state index contributed by atoms with van der Waals surface area (Å²) in [6, 6.07) is 20.5. The Kier molecular flexibility index (Phi) is 7.21. The summed E-state index contributed by atoms with van der Waals surface area (Å²) in [6.45, 7) is 0. The lowest BCUT2D eigenvalue weighted by Crippen LogP contribution is -2.20. The quantitative estimate of drug-likeness (QED) is 0.397. The summed E-state index contributed by atoms with van der Waals surface area (Å²) in [5, 5.41) is 9.40. The summed E-state index contributed by atoms with van der Waals surface area (Å²) in [4.78, 5) is 24.3. The molecule has 3 aromatic carbocycles. The summed E-state index contributed by atoms with van der Waals surface area (Å²) >= 11 is 0. The van der Waals surface area contributed by atoms with Gasteiger partial charge >= 0.3 is 6.03 Å². The van der Waals surface area contributed by atoms with Crippen LogP contribution in [-0.4, -0.2) is 32.4 Å². The highest BCUT2D eigenvalue weighted by molar-refractivity contribution is 6.00. The molecule has 0 aliphatic heterocycles. The number of carbonyl (C=O) groups is 2. The molecule has 8 nitrogen and oxygen atoms in total. The van der Waals surface area contributed by atoms with Gasteiger partial charge in [-0.05, 0) is 60.2 Å². The average Bonchev–Trinajstić information content (AvgIpc) is 2.80. The number of para-hydroxylation sites is 1. The van der Waals surface area contributed by atoms with Crippen molar-refractivity contribution in [2.45, 2.75) is 0 Å². The zero-order valence-electron chi connectivity index (χ0n) is 17.1. The van der Waals surface area contributed by atoms with E-state index in [9.17, 15) is 9.59 Å². The predicted molar refractivity (Wildman–Crippen MR) is 120 cm³/mol. The highest BCUT2D eigenvalue weighted by Crippen LogP contribution is 2.26. The molecule has 0 radical (unpaired) electrons. The molecule has 0 saturated carbocycles. The molecule has 8 heteroatoms. The Bertz CT molecular complexity index is 1070. The zero-order valence-corrected chi connectivity index (χ0v) is 17.1. The van der Waals surface area contributed by atoms with Gasteiger partial charge in [0.2, 0.25) is 0 Å². The minimum absolute atomic E-state index is 0.372. The van der Waals surface area contributed by atoms with Gasteiger partial charge in [0.25, 0.3) is 5.91 Å². The normalized spacial score (nSPS) is 10.4. The van der Waals surface area contributed by atoms with Crippen molar-refractivity contribution in [3.8, 4) is 11.5 Å². The van der Waals surface area contributed by atoms with Crippen LogP contribution in [-0.2, 0) is 0 Å². The molecular weight excluding hydrogens is 396 g/mol. The Morgan fingerprint density at radius 2 is 1.45 bits per heavy atom. The Labute approximate surface area is 179 Å². The number of rotatable bonds is 7. The lowest BCUT2D eigenvalue weighted by Gasteiger charge is -2.08. The number of hydrogen-bond acceptors (Lipinski definition) is 5. The second kappa shape index (κ2) is 10.4. The summed E-state index contributed by atoms with van der Waals surface area (Å²) in [7, 11) is 3.10. The van der Waals surface area contributed by atoms with Crippen LogP contribution in [0.15, 0.2) is 77.9 Å². The minimum Gasteiger partial charge on any atom is -0.493 e. The number of methoxy groups -OCH3 is 2. The third kappa shape index (κ3) is 6.07. The van der Waals surface area contributed by atoms with Crippen LogP contribution in [0.3, 0.4) is 0 Å². The molecule has 0 bridgehead atoms. The van der Waals surface area contributed by atoms with Gasteiger partial charge in [-0.25, -0.2) is 10.2 Å². The van der Waals surface area contributed by atoms with E-state index < -0.39 is 0 Å². The lowest BCUT2D eigenvalue weighted by molar-refractivity contribution is 0.0955. The van der Waals surface area contributed by atoms with Crippen LogP contribution in [0.2, 0.25) is 0 Å². The fourth-order valence-electron chi connectivity index (χ4n) is 2.68. The molecule has 0 aliphatic rings. The molecule has 0 saturated heterocycles. The van der Waals surface area contributed by atoms with Crippen molar-refractivity contribution in [3.63, 3.8) is 0 Å². The van der Waals surface area contributed by atoms with Crippen LogP contribution in [0.4, 0.5) is 16.2 Å². The minimum atomic E-state index is -0.378. The van der Waals surface area contributed by atoms with E-state index in [1.54, 1.807) is 68.8 Å². The van der Waals surface area contributed by atoms with E-state index in [1.807, 2.05) is 18.2 Å². The number of carbonyl (C=O) groups excluding carboxylic acids is 2. The number of hydrazone groups is 1. The number of hydrogen-bond donors (Lipinski definition) is 3. The average molecular weight is 418 g/mol. The van der Waals surface area contributed by atoms with Gasteiger partial charge in [-0.1, -0.05) is 18.2 Å².